The van der Waals surface area contributed by atoms with Crippen molar-refractivity contribution in [3.8, 4) is 0 Å². The molecule has 1 spiro atoms. The van der Waals surface area contributed by atoms with Crippen molar-refractivity contribution in [2.45, 2.75) is 76.0 Å². The molecule has 5 heteroatoms. The third-order valence-electron chi connectivity index (χ3n) is 4.86. The van der Waals surface area contributed by atoms with E-state index < -0.39 is 0 Å². The minimum atomic E-state index is 0.0223. The van der Waals surface area contributed by atoms with Gasteiger partial charge in [0, 0.05) is 6.61 Å². The van der Waals surface area contributed by atoms with Gasteiger partial charge in [-0.1, -0.05) is 31.4 Å². The average molecular weight is 278 g/mol. The summed E-state index contributed by atoms with van der Waals surface area (Å²) in [6.07, 6.45) is 11.2. The van der Waals surface area contributed by atoms with Crippen molar-refractivity contribution in [1.82, 2.24) is 15.0 Å². The van der Waals surface area contributed by atoms with Crippen LogP contribution in [0.5, 0.6) is 0 Å². The molecule has 0 radical (unpaired) electrons. The zero-order valence-corrected chi connectivity index (χ0v) is 12.4. The summed E-state index contributed by atoms with van der Waals surface area (Å²) in [5.41, 5.74) is 7.18. The van der Waals surface area contributed by atoms with Crippen LogP contribution in [0.4, 0.5) is 0 Å². The van der Waals surface area contributed by atoms with E-state index in [1.807, 2.05) is 4.68 Å². The molecule has 1 aromatic heterocycles. The molecule has 3 rings (SSSR count). The van der Waals surface area contributed by atoms with Crippen LogP contribution in [-0.4, -0.2) is 27.2 Å². The Labute approximate surface area is 120 Å². The van der Waals surface area contributed by atoms with E-state index in [1.54, 1.807) is 0 Å². The molecule has 1 saturated heterocycles. The molecule has 2 fully saturated rings. The highest BCUT2D eigenvalue weighted by Gasteiger charge is 2.40. The molecule has 2 aliphatic rings. The van der Waals surface area contributed by atoms with Crippen molar-refractivity contribution in [1.29, 1.82) is 0 Å². The Morgan fingerprint density at radius 2 is 2.30 bits per heavy atom. The second-order valence-corrected chi connectivity index (χ2v) is 6.40. The van der Waals surface area contributed by atoms with Crippen LogP contribution >= 0.6 is 0 Å². The van der Waals surface area contributed by atoms with Gasteiger partial charge in [0.1, 0.15) is 0 Å². The molecular weight excluding hydrogens is 252 g/mol. The Bertz CT molecular complexity index is 439. The minimum absolute atomic E-state index is 0.0223. The minimum Gasteiger partial charge on any atom is -0.375 e. The Morgan fingerprint density at radius 3 is 3.05 bits per heavy atom. The molecule has 112 valence electrons. The summed E-state index contributed by atoms with van der Waals surface area (Å²) < 4.78 is 8.12. The molecular formula is C15H26N4O. The fraction of sp³-hybridized carbons (Fsp3) is 0.867. The molecule has 2 heterocycles. The van der Waals surface area contributed by atoms with Crippen molar-refractivity contribution in [3.05, 3.63) is 11.9 Å². The van der Waals surface area contributed by atoms with Crippen molar-refractivity contribution in [3.63, 3.8) is 0 Å². The molecule has 20 heavy (non-hydrogen) atoms. The SMILES string of the molecule is CCCC(N)c1cn(C2CCOC3(CCCC3)C2)nn1. The van der Waals surface area contributed by atoms with E-state index in [0.29, 0.717) is 6.04 Å². The lowest BCUT2D eigenvalue weighted by Crippen LogP contribution is -2.38. The number of hydrogen-bond acceptors (Lipinski definition) is 4. The van der Waals surface area contributed by atoms with Crippen LogP contribution in [0.3, 0.4) is 0 Å². The Balaban J connectivity index is 1.69. The molecule has 0 bridgehead atoms. The molecule has 0 amide bonds. The topological polar surface area (TPSA) is 66.0 Å². The van der Waals surface area contributed by atoms with Crippen LogP contribution in [0.1, 0.15) is 76.1 Å². The fourth-order valence-corrected chi connectivity index (χ4v) is 3.69. The van der Waals surface area contributed by atoms with Gasteiger partial charge in [0.05, 0.1) is 29.6 Å². The Morgan fingerprint density at radius 1 is 1.50 bits per heavy atom. The van der Waals surface area contributed by atoms with Crippen LogP contribution < -0.4 is 5.73 Å². The van der Waals surface area contributed by atoms with Crippen molar-refractivity contribution >= 4 is 0 Å². The lowest BCUT2D eigenvalue weighted by molar-refractivity contribution is -0.0911. The second-order valence-electron chi connectivity index (χ2n) is 6.40. The van der Waals surface area contributed by atoms with Gasteiger partial charge in [-0.05, 0) is 32.1 Å². The summed E-state index contributed by atoms with van der Waals surface area (Å²) in [6.45, 7) is 2.99. The smallest absolute Gasteiger partial charge is 0.0994 e. The van der Waals surface area contributed by atoms with E-state index >= 15 is 0 Å². The van der Waals surface area contributed by atoms with Gasteiger partial charge in [0.2, 0.25) is 0 Å². The summed E-state index contributed by atoms with van der Waals surface area (Å²) in [5.74, 6) is 0. The number of hydrogen-bond donors (Lipinski definition) is 1. The lowest BCUT2D eigenvalue weighted by Gasteiger charge is -2.38. The number of rotatable bonds is 4. The monoisotopic (exact) mass is 278 g/mol. The predicted octanol–water partition coefficient (Wildman–Crippen LogP) is 2.74. The standard InChI is InChI=1S/C15H26N4O/c1-2-5-13(16)14-11-19(18-17-14)12-6-9-20-15(10-12)7-3-4-8-15/h11-13H,2-10,16H2,1H3. The van der Waals surface area contributed by atoms with Gasteiger partial charge in [-0.2, -0.15) is 0 Å². The fourth-order valence-electron chi connectivity index (χ4n) is 3.69. The average Bonchev–Trinajstić information content (AvgIpc) is 3.09. The number of aromatic nitrogens is 3. The van der Waals surface area contributed by atoms with Gasteiger partial charge in [-0.25, -0.2) is 4.68 Å². The molecule has 1 aromatic rings. The molecule has 2 unspecified atom stereocenters. The number of ether oxygens (including phenoxy) is 1. The molecule has 1 saturated carbocycles. The maximum atomic E-state index is 6.12. The molecule has 2 N–H and O–H groups in total. The molecule has 1 aliphatic carbocycles. The van der Waals surface area contributed by atoms with E-state index in [0.717, 1.165) is 38.0 Å². The van der Waals surface area contributed by atoms with Gasteiger partial charge in [0.25, 0.3) is 0 Å². The van der Waals surface area contributed by atoms with Crippen LogP contribution in [0.15, 0.2) is 6.20 Å². The van der Waals surface area contributed by atoms with Crippen molar-refractivity contribution < 1.29 is 4.74 Å². The van der Waals surface area contributed by atoms with Gasteiger partial charge in [-0.3, -0.25) is 0 Å². The van der Waals surface area contributed by atoms with Crippen LogP contribution in [0.25, 0.3) is 0 Å². The van der Waals surface area contributed by atoms with Gasteiger partial charge < -0.3 is 10.5 Å². The summed E-state index contributed by atoms with van der Waals surface area (Å²) >= 11 is 0. The third kappa shape index (κ3) is 2.74. The lowest BCUT2D eigenvalue weighted by atomic mass is 9.89. The van der Waals surface area contributed by atoms with Crippen molar-refractivity contribution in [2.75, 3.05) is 6.61 Å². The molecule has 0 aromatic carbocycles. The molecule has 2 atom stereocenters. The predicted molar refractivity (Wildman–Crippen MR) is 77.3 cm³/mol. The first-order valence-corrected chi connectivity index (χ1v) is 8.04. The van der Waals surface area contributed by atoms with Crippen LogP contribution in [-0.2, 0) is 4.74 Å². The normalized spacial score (nSPS) is 27.0. The van der Waals surface area contributed by atoms with Gasteiger partial charge in [0.15, 0.2) is 0 Å². The third-order valence-corrected chi connectivity index (χ3v) is 4.86. The summed E-state index contributed by atoms with van der Waals surface area (Å²) in [5, 5.41) is 8.60. The molecule has 1 aliphatic heterocycles. The zero-order chi connectivity index (χ0) is 14.0. The van der Waals surface area contributed by atoms with Crippen molar-refractivity contribution in [2.24, 2.45) is 5.73 Å². The van der Waals surface area contributed by atoms with Gasteiger partial charge in [-0.15, -0.1) is 5.10 Å². The van der Waals surface area contributed by atoms with E-state index in [4.69, 9.17) is 10.5 Å². The van der Waals surface area contributed by atoms with Crippen LogP contribution in [0, 0.1) is 0 Å². The van der Waals surface area contributed by atoms with Crippen LogP contribution in [0.2, 0.25) is 0 Å². The summed E-state index contributed by atoms with van der Waals surface area (Å²) in [4.78, 5) is 0. The van der Waals surface area contributed by atoms with Gasteiger partial charge >= 0.3 is 0 Å². The highest BCUT2D eigenvalue weighted by atomic mass is 16.5. The number of nitrogens with zero attached hydrogens (tertiary/aromatic N) is 3. The maximum absolute atomic E-state index is 6.12. The summed E-state index contributed by atoms with van der Waals surface area (Å²) in [7, 11) is 0. The zero-order valence-electron chi connectivity index (χ0n) is 12.4. The Kier molecular flexibility index (Phi) is 4.08. The summed E-state index contributed by atoms with van der Waals surface area (Å²) in [6, 6.07) is 0.450. The van der Waals surface area contributed by atoms with E-state index in [9.17, 15) is 0 Å². The largest absolute Gasteiger partial charge is 0.375 e. The highest BCUT2D eigenvalue weighted by Crippen LogP contribution is 2.43. The first-order valence-electron chi connectivity index (χ1n) is 8.04. The van der Waals surface area contributed by atoms with E-state index in [1.165, 1.54) is 25.7 Å². The Hall–Kier alpha value is -0.940. The quantitative estimate of drug-likeness (QED) is 0.919. The maximum Gasteiger partial charge on any atom is 0.0994 e. The van der Waals surface area contributed by atoms with E-state index in [2.05, 4.69) is 23.4 Å². The first kappa shape index (κ1) is 14.0. The highest BCUT2D eigenvalue weighted by molar-refractivity contribution is 5.01. The second kappa shape index (κ2) is 5.82. The number of nitrogens with two attached hydrogens (primary N) is 1. The molecule has 5 nitrogen and oxygen atoms in total. The first-order chi connectivity index (χ1) is 9.72. The van der Waals surface area contributed by atoms with E-state index in [-0.39, 0.29) is 11.6 Å².